The van der Waals surface area contributed by atoms with Crippen LogP contribution in [0.3, 0.4) is 0 Å². The van der Waals surface area contributed by atoms with E-state index in [0.717, 1.165) is 28.1 Å². The van der Waals surface area contributed by atoms with E-state index in [-0.39, 0.29) is 17.2 Å². The zero-order valence-electron chi connectivity index (χ0n) is 15.3. The summed E-state index contributed by atoms with van der Waals surface area (Å²) in [6.45, 7) is -2.90. The van der Waals surface area contributed by atoms with Crippen molar-refractivity contribution in [2.75, 3.05) is 13.7 Å². The minimum absolute atomic E-state index is 0.123. The van der Waals surface area contributed by atoms with E-state index < -0.39 is 16.6 Å². The standard InChI is InChI=1S/C19H18F2N2O4S2/c1-26-14-7-5-13(6-8-14)17-12-28-18(23-17)9-10-22-29(24,25)16-4-2-3-15(11-16)27-19(20)21/h2-8,11-12,19,22H,9-10H2,1H3. The minimum atomic E-state index is -3.85. The smallest absolute Gasteiger partial charge is 0.387 e. The summed E-state index contributed by atoms with van der Waals surface area (Å²) in [7, 11) is -2.26. The molecule has 6 nitrogen and oxygen atoms in total. The van der Waals surface area contributed by atoms with Crippen molar-refractivity contribution in [2.45, 2.75) is 17.9 Å². The second kappa shape index (κ2) is 9.29. The number of benzene rings is 2. The topological polar surface area (TPSA) is 77.5 Å². The Balaban J connectivity index is 1.60. The summed E-state index contributed by atoms with van der Waals surface area (Å²) in [5.74, 6) is 0.536. The molecule has 1 aromatic heterocycles. The van der Waals surface area contributed by atoms with E-state index in [1.54, 1.807) is 7.11 Å². The lowest BCUT2D eigenvalue weighted by Crippen LogP contribution is -2.26. The number of nitrogens with one attached hydrogen (secondary N) is 1. The number of hydrogen-bond donors (Lipinski definition) is 1. The quantitative estimate of drug-likeness (QED) is 0.545. The number of methoxy groups -OCH3 is 1. The molecule has 3 rings (SSSR count). The monoisotopic (exact) mass is 440 g/mol. The number of ether oxygens (including phenoxy) is 2. The van der Waals surface area contributed by atoms with Crippen molar-refractivity contribution in [1.82, 2.24) is 9.71 Å². The molecule has 3 aromatic rings. The van der Waals surface area contributed by atoms with Crippen molar-refractivity contribution in [3.63, 3.8) is 0 Å². The number of aromatic nitrogens is 1. The normalized spacial score (nSPS) is 11.6. The Morgan fingerprint density at radius 1 is 1.14 bits per heavy atom. The van der Waals surface area contributed by atoms with Crippen LogP contribution in [0.1, 0.15) is 5.01 Å². The van der Waals surface area contributed by atoms with Crippen molar-refractivity contribution in [2.24, 2.45) is 0 Å². The average molecular weight is 440 g/mol. The summed E-state index contributed by atoms with van der Waals surface area (Å²) in [4.78, 5) is 4.37. The molecule has 0 radical (unpaired) electrons. The molecule has 29 heavy (non-hydrogen) atoms. The first-order valence-corrected chi connectivity index (χ1v) is 10.9. The van der Waals surface area contributed by atoms with Crippen molar-refractivity contribution >= 4 is 21.4 Å². The highest BCUT2D eigenvalue weighted by molar-refractivity contribution is 7.89. The predicted molar refractivity (Wildman–Crippen MR) is 106 cm³/mol. The number of hydrogen-bond acceptors (Lipinski definition) is 6. The SMILES string of the molecule is COc1ccc(-c2csc(CCNS(=O)(=O)c3cccc(OC(F)F)c3)n2)cc1. The van der Waals surface area contributed by atoms with E-state index in [1.165, 1.54) is 29.5 Å². The number of nitrogens with zero attached hydrogens (tertiary/aromatic N) is 1. The molecule has 0 aliphatic carbocycles. The second-order valence-corrected chi connectivity index (χ2v) is 8.57. The minimum Gasteiger partial charge on any atom is -0.497 e. The highest BCUT2D eigenvalue weighted by atomic mass is 32.2. The molecule has 0 atom stereocenters. The molecule has 0 unspecified atom stereocenters. The van der Waals surface area contributed by atoms with Gasteiger partial charge in [0.15, 0.2) is 0 Å². The van der Waals surface area contributed by atoms with Crippen molar-refractivity contribution in [3.8, 4) is 22.8 Å². The molecule has 1 N–H and O–H groups in total. The fourth-order valence-corrected chi connectivity index (χ4v) is 4.39. The Labute approximate surface area is 171 Å². The Hall–Kier alpha value is -2.56. The number of thiazole rings is 1. The van der Waals surface area contributed by atoms with Crippen molar-refractivity contribution in [3.05, 3.63) is 58.9 Å². The van der Waals surface area contributed by atoms with Gasteiger partial charge in [-0.2, -0.15) is 8.78 Å². The van der Waals surface area contributed by atoms with Crippen molar-refractivity contribution in [1.29, 1.82) is 0 Å². The molecule has 0 saturated heterocycles. The van der Waals surface area contributed by atoms with Crippen LogP contribution in [-0.2, 0) is 16.4 Å². The molecule has 0 amide bonds. The van der Waals surface area contributed by atoms with Gasteiger partial charge in [0.25, 0.3) is 0 Å². The molecular weight excluding hydrogens is 422 g/mol. The highest BCUT2D eigenvalue weighted by Gasteiger charge is 2.16. The first kappa shape index (κ1) is 21.2. The average Bonchev–Trinajstić information content (AvgIpc) is 3.16. The molecule has 10 heteroatoms. The van der Waals surface area contributed by atoms with Gasteiger partial charge in [0, 0.05) is 30.0 Å². The number of rotatable bonds is 9. The summed E-state index contributed by atoms with van der Waals surface area (Å²) in [6.07, 6.45) is 0.396. The van der Waals surface area contributed by atoms with Crippen LogP contribution in [0.25, 0.3) is 11.3 Å². The van der Waals surface area contributed by atoms with Gasteiger partial charge in [-0.3, -0.25) is 0 Å². The van der Waals surface area contributed by atoms with Crippen LogP contribution >= 0.6 is 11.3 Å². The third kappa shape index (κ3) is 5.72. The van der Waals surface area contributed by atoms with E-state index in [0.29, 0.717) is 6.42 Å². The van der Waals surface area contributed by atoms with Gasteiger partial charge >= 0.3 is 6.61 Å². The van der Waals surface area contributed by atoms with E-state index in [1.807, 2.05) is 29.6 Å². The first-order chi connectivity index (χ1) is 13.9. The molecule has 0 saturated carbocycles. The second-order valence-electron chi connectivity index (χ2n) is 5.86. The van der Waals surface area contributed by atoms with Gasteiger partial charge in [0.05, 0.1) is 22.7 Å². The largest absolute Gasteiger partial charge is 0.497 e. The van der Waals surface area contributed by atoms with Gasteiger partial charge < -0.3 is 9.47 Å². The predicted octanol–water partition coefficient (Wildman–Crippen LogP) is 3.94. The first-order valence-electron chi connectivity index (χ1n) is 8.51. The summed E-state index contributed by atoms with van der Waals surface area (Å²) in [5.41, 5.74) is 1.73. The van der Waals surface area contributed by atoms with Gasteiger partial charge in [-0.15, -0.1) is 11.3 Å². The summed E-state index contributed by atoms with van der Waals surface area (Å²) in [6, 6.07) is 12.5. The Morgan fingerprint density at radius 2 is 1.90 bits per heavy atom. The van der Waals surface area contributed by atoms with E-state index >= 15 is 0 Å². The molecule has 1 heterocycles. The maximum absolute atomic E-state index is 12.4. The van der Waals surface area contributed by atoms with Gasteiger partial charge in [-0.25, -0.2) is 18.1 Å². The number of alkyl halides is 2. The van der Waals surface area contributed by atoms with Gasteiger partial charge in [-0.1, -0.05) is 6.07 Å². The van der Waals surface area contributed by atoms with E-state index in [2.05, 4.69) is 14.4 Å². The van der Waals surface area contributed by atoms with Crippen LogP contribution in [0.4, 0.5) is 8.78 Å². The van der Waals surface area contributed by atoms with Crippen LogP contribution in [-0.4, -0.2) is 33.7 Å². The van der Waals surface area contributed by atoms with E-state index in [4.69, 9.17) is 4.74 Å². The Morgan fingerprint density at radius 3 is 2.59 bits per heavy atom. The van der Waals surface area contributed by atoms with Gasteiger partial charge in [0.1, 0.15) is 11.5 Å². The van der Waals surface area contributed by atoms with E-state index in [9.17, 15) is 17.2 Å². The third-order valence-electron chi connectivity index (χ3n) is 3.91. The zero-order chi connectivity index (χ0) is 20.9. The fraction of sp³-hybridized carbons (Fsp3) is 0.211. The molecule has 0 bridgehead atoms. The number of halogens is 2. The number of sulfonamides is 1. The van der Waals surface area contributed by atoms with Gasteiger partial charge in [0.2, 0.25) is 10.0 Å². The maximum atomic E-state index is 12.4. The Kier molecular flexibility index (Phi) is 6.78. The summed E-state index contributed by atoms with van der Waals surface area (Å²) >= 11 is 1.43. The molecule has 0 spiro atoms. The Bertz CT molecular complexity index is 1050. The molecular formula is C19H18F2N2O4S2. The summed E-state index contributed by atoms with van der Waals surface area (Å²) in [5, 5.41) is 2.67. The van der Waals surface area contributed by atoms with Crippen LogP contribution < -0.4 is 14.2 Å². The van der Waals surface area contributed by atoms with Crippen LogP contribution in [0, 0.1) is 0 Å². The lowest BCUT2D eigenvalue weighted by Gasteiger charge is -2.08. The van der Waals surface area contributed by atoms with Crippen LogP contribution in [0.2, 0.25) is 0 Å². The lowest BCUT2D eigenvalue weighted by atomic mass is 10.2. The van der Waals surface area contributed by atoms with Gasteiger partial charge in [-0.05, 0) is 36.4 Å². The maximum Gasteiger partial charge on any atom is 0.387 e. The molecule has 2 aromatic carbocycles. The molecule has 0 fully saturated rings. The summed E-state index contributed by atoms with van der Waals surface area (Å²) < 4.78 is 61.2. The zero-order valence-corrected chi connectivity index (χ0v) is 17.0. The lowest BCUT2D eigenvalue weighted by molar-refractivity contribution is -0.0499. The molecule has 0 aliphatic rings. The van der Waals surface area contributed by atoms with Crippen LogP contribution in [0.15, 0.2) is 58.8 Å². The van der Waals surface area contributed by atoms with Crippen molar-refractivity contribution < 1.29 is 26.7 Å². The van der Waals surface area contributed by atoms with Crippen LogP contribution in [0.5, 0.6) is 11.5 Å². The third-order valence-corrected chi connectivity index (χ3v) is 6.28. The molecule has 154 valence electrons. The molecule has 0 aliphatic heterocycles. The fourth-order valence-electron chi connectivity index (χ4n) is 2.51. The highest BCUT2D eigenvalue weighted by Crippen LogP contribution is 2.24.